The van der Waals surface area contributed by atoms with Gasteiger partial charge in [-0.3, -0.25) is 0 Å². The van der Waals surface area contributed by atoms with Crippen LogP contribution in [0.15, 0.2) is 243 Å². The van der Waals surface area contributed by atoms with Crippen molar-refractivity contribution in [3.63, 3.8) is 0 Å². The normalized spacial score (nSPS) is 11.3. The lowest BCUT2D eigenvalue weighted by Crippen LogP contribution is -2.13. The zero-order chi connectivity index (χ0) is 39.8. The summed E-state index contributed by atoms with van der Waals surface area (Å²) < 4.78 is 2.43. The van der Waals surface area contributed by atoms with Crippen LogP contribution in [0, 0.1) is 0 Å². The quantitative estimate of drug-likeness (QED) is 0.150. The molecule has 282 valence electrons. The molecule has 0 N–H and O–H groups in total. The number of anilines is 3. The van der Waals surface area contributed by atoms with E-state index >= 15 is 0 Å². The van der Waals surface area contributed by atoms with Crippen LogP contribution in [0.3, 0.4) is 0 Å². The second-order valence-corrected chi connectivity index (χ2v) is 15.3. The standard InChI is InChI=1S/C58H40N2/c1-5-17-41(18-6-1)43-29-33-48(34-30-43)59-54-28-16-15-27-52(54)53-37-35-49(40-57(53)59)60(55-38-32-45-23-13-14-26-51(45)58(55)46-24-11-4-12-25-46)56-39-47(42-19-7-2-8-20-42)31-36-50(56)44-21-9-3-10-22-44/h1-40H. The third-order valence-corrected chi connectivity index (χ3v) is 11.8. The molecule has 11 rings (SSSR count). The molecule has 0 aliphatic rings. The molecule has 0 aliphatic heterocycles. The fraction of sp³-hybridized carbons (Fsp3) is 0. The molecule has 0 amide bonds. The van der Waals surface area contributed by atoms with Crippen LogP contribution in [0.4, 0.5) is 17.1 Å². The summed E-state index contributed by atoms with van der Waals surface area (Å²) in [5.41, 5.74) is 16.1. The topological polar surface area (TPSA) is 8.17 Å². The van der Waals surface area contributed by atoms with Crippen molar-refractivity contribution in [2.45, 2.75) is 0 Å². The largest absolute Gasteiger partial charge is 0.309 e. The molecule has 0 unspecified atom stereocenters. The van der Waals surface area contributed by atoms with Gasteiger partial charge < -0.3 is 9.47 Å². The average Bonchev–Trinajstić information content (AvgIpc) is 3.66. The van der Waals surface area contributed by atoms with Crippen LogP contribution < -0.4 is 4.90 Å². The molecule has 0 saturated heterocycles. The minimum absolute atomic E-state index is 1.07. The molecule has 1 aromatic heterocycles. The molecule has 0 fully saturated rings. The molecule has 10 aromatic carbocycles. The Morgan fingerprint density at radius 2 is 0.833 bits per heavy atom. The zero-order valence-electron chi connectivity index (χ0n) is 33.0. The molecular weight excluding hydrogens is 725 g/mol. The van der Waals surface area contributed by atoms with Crippen molar-refractivity contribution in [2.24, 2.45) is 0 Å². The van der Waals surface area contributed by atoms with Crippen LogP contribution in [-0.4, -0.2) is 4.57 Å². The molecule has 2 heteroatoms. The van der Waals surface area contributed by atoms with Crippen molar-refractivity contribution in [2.75, 3.05) is 4.90 Å². The molecule has 0 aliphatic carbocycles. The highest BCUT2D eigenvalue weighted by molar-refractivity contribution is 6.12. The minimum atomic E-state index is 1.07. The van der Waals surface area contributed by atoms with Crippen molar-refractivity contribution >= 4 is 49.6 Å². The lowest BCUT2D eigenvalue weighted by atomic mass is 9.93. The minimum Gasteiger partial charge on any atom is -0.309 e. The molecular formula is C58H40N2. The monoisotopic (exact) mass is 764 g/mol. The van der Waals surface area contributed by atoms with Gasteiger partial charge in [-0.1, -0.05) is 200 Å². The van der Waals surface area contributed by atoms with E-state index in [4.69, 9.17) is 0 Å². The van der Waals surface area contributed by atoms with Gasteiger partial charge in [-0.2, -0.15) is 0 Å². The Morgan fingerprint density at radius 1 is 0.300 bits per heavy atom. The molecule has 0 spiro atoms. The Balaban J connectivity index is 1.22. The van der Waals surface area contributed by atoms with Crippen molar-refractivity contribution in [1.82, 2.24) is 4.57 Å². The number of fused-ring (bicyclic) bond motifs is 4. The zero-order valence-corrected chi connectivity index (χ0v) is 33.0. The highest BCUT2D eigenvalue weighted by Crippen LogP contribution is 2.49. The lowest BCUT2D eigenvalue weighted by Gasteiger charge is -2.31. The fourth-order valence-corrected chi connectivity index (χ4v) is 8.96. The summed E-state index contributed by atoms with van der Waals surface area (Å²) in [5, 5.41) is 4.85. The van der Waals surface area contributed by atoms with E-state index in [1.54, 1.807) is 0 Å². The average molecular weight is 765 g/mol. The van der Waals surface area contributed by atoms with E-state index in [1.807, 2.05) is 0 Å². The van der Waals surface area contributed by atoms with Gasteiger partial charge in [0.05, 0.1) is 22.4 Å². The molecule has 60 heavy (non-hydrogen) atoms. The van der Waals surface area contributed by atoms with E-state index in [9.17, 15) is 0 Å². The molecule has 0 radical (unpaired) electrons. The van der Waals surface area contributed by atoms with Crippen molar-refractivity contribution in [3.05, 3.63) is 243 Å². The summed E-state index contributed by atoms with van der Waals surface area (Å²) in [6, 6.07) is 88.1. The molecule has 0 atom stereocenters. The number of nitrogens with zero attached hydrogens (tertiary/aromatic N) is 2. The molecule has 0 bridgehead atoms. The second kappa shape index (κ2) is 15.1. The predicted octanol–water partition coefficient (Wildman–Crippen LogP) is 16.1. The van der Waals surface area contributed by atoms with Crippen LogP contribution >= 0.6 is 0 Å². The smallest absolute Gasteiger partial charge is 0.0561 e. The first kappa shape index (κ1) is 35.2. The van der Waals surface area contributed by atoms with E-state index in [-0.39, 0.29) is 0 Å². The highest BCUT2D eigenvalue weighted by atomic mass is 15.2. The van der Waals surface area contributed by atoms with Crippen molar-refractivity contribution in [3.8, 4) is 50.2 Å². The summed E-state index contributed by atoms with van der Waals surface area (Å²) in [4.78, 5) is 2.50. The number of hydrogen-bond acceptors (Lipinski definition) is 1. The van der Waals surface area contributed by atoms with Gasteiger partial charge in [0.2, 0.25) is 0 Å². The summed E-state index contributed by atoms with van der Waals surface area (Å²) in [6.45, 7) is 0. The van der Waals surface area contributed by atoms with Crippen LogP contribution in [0.5, 0.6) is 0 Å². The number of benzene rings is 10. The first-order chi connectivity index (χ1) is 29.8. The second-order valence-electron chi connectivity index (χ2n) is 15.3. The molecule has 1 heterocycles. The van der Waals surface area contributed by atoms with Crippen molar-refractivity contribution < 1.29 is 0 Å². The Kier molecular flexibility index (Phi) is 8.87. The van der Waals surface area contributed by atoms with Crippen LogP contribution in [0.1, 0.15) is 0 Å². The Labute approximate surface area is 350 Å². The van der Waals surface area contributed by atoms with Crippen molar-refractivity contribution in [1.29, 1.82) is 0 Å². The number of aromatic nitrogens is 1. The summed E-state index contributed by atoms with van der Waals surface area (Å²) in [7, 11) is 0. The van der Waals surface area contributed by atoms with Gasteiger partial charge in [0.15, 0.2) is 0 Å². The number of hydrogen-bond donors (Lipinski definition) is 0. The maximum Gasteiger partial charge on any atom is 0.0561 e. The molecule has 2 nitrogen and oxygen atoms in total. The van der Waals surface area contributed by atoms with Crippen LogP contribution in [0.25, 0.3) is 82.8 Å². The SMILES string of the molecule is c1ccc(-c2ccc(-n3c4ccccc4c4ccc(N(c5cc(-c6ccccc6)ccc5-c5ccccc5)c5ccc6ccccc6c5-c5ccccc5)cc43)cc2)cc1. The third-order valence-electron chi connectivity index (χ3n) is 11.8. The van der Waals surface area contributed by atoms with Crippen LogP contribution in [-0.2, 0) is 0 Å². The van der Waals surface area contributed by atoms with Gasteiger partial charge in [-0.25, -0.2) is 0 Å². The highest BCUT2D eigenvalue weighted by Gasteiger charge is 2.24. The van der Waals surface area contributed by atoms with Crippen LogP contribution in [0.2, 0.25) is 0 Å². The number of para-hydroxylation sites is 1. The molecule has 0 saturated carbocycles. The summed E-state index contributed by atoms with van der Waals surface area (Å²) in [5.74, 6) is 0. The molecule has 11 aromatic rings. The Bertz CT molecular complexity index is 3280. The Morgan fingerprint density at radius 3 is 1.53 bits per heavy atom. The van der Waals surface area contributed by atoms with Gasteiger partial charge >= 0.3 is 0 Å². The fourth-order valence-electron chi connectivity index (χ4n) is 8.96. The summed E-state index contributed by atoms with van der Waals surface area (Å²) in [6.07, 6.45) is 0. The van der Waals surface area contributed by atoms with E-state index < -0.39 is 0 Å². The van der Waals surface area contributed by atoms with E-state index in [0.29, 0.717) is 0 Å². The van der Waals surface area contributed by atoms with Gasteiger partial charge in [0, 0.05) is 33.3 Å². The van der Waals surface area contributed by atoms with Gasteiger partial charge in [0.25, 0.3) is 0 Å². The van der Waals surface area contributed by atoms with Gasteiger partial charge in [0.1, 0.15) is 0 Å². The maximum absolute atomic E-state index is 2.50. The van der Waals surface area contributed by atoms with E-state index in [1.165, 1.54) is 54.9 Å². The van der Waals surface area contributed by atoms with E-state index in [0.717, 1.165) is 45.0 Å². The first-order valence-electron chi connectivity index (χ1n) is 20.6. The predicted molar refractivity (Wildman–Crippen MR) is 255 cm³/mol. The van der Waals surface area contributed by atoms with E-state index in [2.05, 4.69) is 252 Å². The third kappa shape index (κ3) is 6.23. The maximum atomic E-state index is 2.50. The van der Waals surface area contributed by atoms with Gasteiger partial charge in [-0.05, 0) is 86.6 Å². The summed E-state index contributed by atoms with van der Waals surface area (Å²) >= 11 is 0. The van der Waals surface area contributed by atoms with Gasteiger partial charge in [-0.15, -0.1) is 0 Å². The lowest BCUT2D eigenvalue weighted by molar-refractivity contribution is 1.18. The first-order valence-corrected chi connectivity index (χ1v) is 20.6. The number of rotatable bonds is 8. The Hall–Kier alpha value is -7.94.